The Labute approximate surface area is 137 Å². The molecule has 6 heteroatoms. The van der Waals surface area contributed by atoms with E-state index in [-0.39, 0.29) is 0 Å². The topological polar surface area (TPSA) is 43.8 Å². The number of thiophene rings is 1. The van der Waals surface area contributed by atoms with Crippen molar-refractivity contribution in [2.45, 2.75) is 0 Å². The molecule has 102 valence electrons. The van der Waals surface area contributed by atoms with Gasteiger partial charge in [-0.05, 0) is 28.1 Å². The number of anilines is 1. The highest BCUT2D eigenvalue weighted by molar-refractivity contribution is 9.11. The fourth-order valence-corrected chi connectivity index (χ4v) is 3.73. The number of aryl methyl sites for hydroxylation is 1. The summed E-state index contributed by atoms with van der Waals surface area (Å²) in [7, 11) is 1.86. The Morgan fingerprint density at radius 2 is 2.00 bits per heavy atom. The van der Waals surface area contributed by atoms with Crippen molar-refractivity contribution in [3.63, 3.8) is 0 Å². The monoisotopic (exact) mass is 411 g/mol. The molecule has 0 radical (unpaired) electrons. The maximum atomic E-state index is 6.22. The SMILES string of the molecule is Cn1nc(-c2csc(Br)c2)c(-c2ccccc2Br)c1N. The van der Waals surface area contributed by atoms with E-state index in [0.29, 0.717) is 5.82 Å². The molecular formula is C14H11Br2N3S. The molecule has 0 spiro atoms. The molecule has 0 bridgehead atoms. The van der Waals surface area contributed by atoms with Crippen molar-refractivity contribution >= 4 is 49.0 Å². The number of aromatic nitrogens is 2. The molecule has 0 aliphatic carbocycles. The van der Waals surface area contributed by atoms with E-state index in [1.807, 2.05) is 31.3 Å². The Morgan fingerprint density at radius 3 is 2.65 bits per heavy atom. The van der Waals surface area contributed by atoms with Crippen molar-refractivity contribution < 1.29 is 0 Å². The summed E-state index contributed by atoms with van der Waals surface area (Å²) in [6, 6.07) is 10.1. The van der Waals surface area contributed by atoms with Crippen LogP contribution in [-0.2, 0) is 7.05 Å². The lowest BCUT2D eigenvalue weighted by Crippen LogP contribution is -1.98. The number of hydrogen-bond donors (Lipinski definition) is 1. The zero-order valence-electron chi connectivity index (χ0n) is 10.6. The van der Waals surface area contributed by atoms with Gasteiger partial charge in [0, 0.05) is 28.0 Å². The highest BCUT2D eigenvalue weighted by Crippen LogP contribution is 2.41. The van der Waals surface area contributed by atoms with Crippen LogP contribution in [0.5, 0.6) is 0 Å². The number of benzene rings is 1. The molecule has 3 nitrogen and oxygen atoms in total. The van der Waals surface area contributed by atoms with Crippen LogP contribution in [-0.4, -0.2) is 9.78 Å². The molecule has 1 aromatic carbocycles. The van der Waals surface area contributed by atoms with Crippen LogP contribution in [0, 0.1) is 0 Å². The molecule has 2 heterocycles. The summed E-state index contributed by atoms with van der Waals surface area (Å²) in [5.41, 5.74) is 10.2. The Bertz CT molecular complexity index is 777. The number of hydrogen-bond acceptors (Lipinski definition) is 3. The second-order valence-electron chi connectivity index (χ2n) is 4.35. The van der Waals surface area contributed by atoms with E-state index in [1.165, 1.54) is 0 Å². The van der Waals surface area contributed by atoms with E-state index in [2.05, 4.69) is 48.4 Å². The highest BCUT2D eigenvalue weighted by Gasteiger charge is 2.19. The molecule has 2 aromatic heterocycles. The van der Waals surface area contributed by atoms with Crippen LogP contribution in [0.25, 0.3) is 22.4 Å². The minimum atomic E-state index is 0.661. The quantitative estimate of drug-likeness (QED) is 0.648. The van der Waals surface area contributed by atoms with Crippen molar-refractivity contribution in [1.29, 1.82) is 0 Å². The minimum Gasteiger partial charge on any atom is -0.383 e. The zero-order chi connectivity index (χ0) is 14.3. The summed E-state index contributed by atoms with van der Waals surface area (Å²) < 4.78 is 3.81. The molecule has 0 amide bonds. The third kappa shape index (κ3) is 2.32. The number of nitrogens with zero attached hydrogens (tertiary/aromatic N) is 2. The van der Waals surface area contributed by atoms with E-state index in [4.69, 9.17) is 5.73 Å². The summed E-state index contributed by atoms with van der Waals surface area (Å²) in [5.74, 6) is 0.661. The molecular weight excluding hydrogens is 402 g/mol. The van der Waals surface area contributed by atoms with E-state index >= 15 is 0 Å². The minimum absolute atomic E-state index is 0.661. The van der Waals surface area contributed by atoms with Crippen LogP contribution in [0.3, 0.4) is 0 Å². The molecule has 2 N–H and O–H groups in total. The van der Waals surface area contributed by atoms with E-state index < -0.39 is 0 Å². The molecule has 3 rings (SSSR count). The number of rotatable bonds is 2. The average molecular weight is 413 g/mol. The van der Waals surface area contributed by atoms with Crippen LogP contribution in [0.15, 0.2) is 44.0 Å². The Balaban J connectivity index is 2.28. The first-order chi connectivity index (χ1) is 9.58. The summed E-state index contributed by atoms with van der Waals surface area (Å²) in [6.07, 6.45) is 0. The van der Waals surface area contributed by atoms with Gasteiger partial charge >= 0.3 is 0 Å². The molecule has 0 saturated heterocycles. The summed E-state index contributed by atoms with van der Waals surface area (Å²) in [5, 5.41) is 6.64. The normalized spacial score (nSPS) is 10.9. The fourth-order valence-electron chi connectivity index (χ4n) is 2.10. The van der Waals surface area contributed by atoms with Crippen molar-refractivity contribution in [1.82, 2.24) is 9.78 Å². The molecule has 0 atom stereocenters. The van der Waals surface area contributed by atoms with Crippen molar-refractivity contribution in [3.05, 3.63) is 44.0 Å². The van der Waals surface area contributed by atoms with E-state index in [1.54, 1.807) is 16.0 Å². The van der Waals surface area contributed by atoms with E-state index in [9.17, 15) is 0 Å². The first-order valence-electron chi connectivity index (χ1n) is 5.89. The second kappa shape index (κ2) is 5.35. The number of halogens is 2. The maximum Gasteiger partial charge on any atom is 0.129 e. The van der Waals surface area contributed by atoms with Crippen molar-refractivity contribution in [2.24, 2.45) is 7.05 Å². The van der Waals surface area contributed by atoms with E-state index in [0.717, 1.165) is 30.6 Å². The third-order valence-corrected chi connectivity index (χ3v) is 5.27. The number of nitrogen functional groups attached to an aromatic ring is 1. The Morgan fingerprint density at radius 1 is 1.25 bits per heavy atom. The van der Waals surface area contributed by atoms with Gasteiger partial charge in [-0.15, -0.1) is 11.3 Å². The van der Waals surface area contributed by atoms with Gasteiger partial charge in [0.15, 0.2) is 0 Å². The van der Waals surface area contributed by atoms with Gasteiger partial charge in [-0.3, -0.25) is 4.68 Å². The van der Waals surface area contributed by atoms with Crippen LogP contribution < -0.4 is 5.73 Å². The predicted octanol–water partition coefficient (Wildman–Crippen LogP) is 4.92. The Kier molecular flexibility index (Phi) is 3.70. The molecule has 3 aromatic rings. The lowest BCUT2D eigenvalue weighted by molar-refractivity contribution is 0.782. The first-order valence-corrected chi connectivity index (χ1v) is 8.36. The van der Waals surface area contributed by atoms with Crippen molar-refractivity contribution in [2.75, 3.05) is 5.73 Å². The average Bonchev–Trinajstić information content (AvgIpc) is 2.96. The largest absolute Gasteiger partial charge is 0.383 e. The smallest absolute Gasteiger partial charge is 0.129 e. The van der Waals surface area contributed by atoms with Gasteiger partial charge < -0.3 is 5.73 Å². The van der Waals surface area contributed by atoms with Gasteiger partial charge in [-0.2, -0.15) is 5.10 Å². The fraction of sp³-hybridized carbons (Fsp3) is 0.0714. The van der Waals surface area contributed by atoms with Crippen LogP contribution in [0.1, 0.15) is 0 Å². The van der Waals surface area contributed by atoms with Crippen LogP contribution in [0.2, 0.25) is 0 Å². The van der Waals surface area contributed by atoms with Crippen LogP contribution in [0.4, 0.5) is 5.82 Å². The molecule has 0 aliphatic heterocycles. The molecule has 0 unspecified atom stereocenters. The zero-order valence-corrected chi connectivity index (χ0v) is 14.6. The number of nitrogens with two attached hydrogens (primary N) is 1. The van der Waals surface area contributed by atoms with Gasteiger partial charge in [0.2, 0.25) is 0 Å². The van der Waals surface area contributed by atoms with Gasteiger partial charge in [-0.1, -0.05) is 34.1 Å². The molecule has 0 aliphatic rings. The molecule has 0 saturated carbocycles. The van der Waals surface area contributed by atoms with Gasteiger partial charge in [0.25, 0.3) is 0 Å². The van der Waals surface area contributed by atoms with Crippen molar-refractivity contribution in [3.8, 4) is 22.4 Å². The van der Waals surface area contributed by atoms with Gasteiger partial charge in [0.05, 0.1) is 9.35 Å². The second-order valence-corrected chi connectivity index (χ2v) is 7.50. The first kappa shape index (κ1) is 13.9. The lowest BCUT2D eigenvalue weighted by Gasteiger charge is -2.05. The molecule has 0 fully saturated rings. The summed E-state index contributed by atoms with van der Waals surface area (Å²) in [4.78, 5) is 0. The standard InChI is InChI=1S/C14H11Br2N3S/c1-19-14(17)12(9-4-2-3-5-10(9)15)13(18-19)8-6-11(16)20-7-8/h2-7H,17H2,1H3. The summed E-state index contributed by atoms with van der Waals surface area (Å²) >= 11 is 8.72. The summed E-state index contributed by atoms with van der Waals surface area (Å²) in [6.45, 7) is 0. The van der Waals surface area contributed by atoms with Gasteiger partial charge in [-0.25, -0.2) is 0 Å². The van der Waals surface area contributed by atoms with Crippen LogP contribution >= 0.6 is 43.2 Å². The molecule has 20 heavy (non-hydrogen) atoms. The predicted molar refractivity (Wildman–Crippen MR) is 91.8 cm³/mol. The maximum absolute atomic E-state index is 6.22. The lowest BCUT2D eigenvalue weighted by atomic mass is 10.0. The van der Waals surface area contributed by atoms with Gasteiger partial charge in [0.1, 0.15) is 11.5 Å². The Hall–Kier alpha value is -1.11. The highest BCUT2D eigenvalue weighted by atomic mass is 79.9. The third-order valence-electron chi connectivity index (χ3n) is 3.08.